The van der Waals surface area contributed by atoms with E-state index in [0.29, 0.717) is 24.9 Å². The predicted molar refractivity (Wildman–Crippen MR) is 119 cm³/mol. The molecule has 1 amide bonds. The van der Waals surface area contributed by atoms with Gasteiger partial charge in [0, 0.05) is 18.3 Å². The average molecular weight is 478 g/mol. The zero-order valence-electron chi connectivity index (χ0n) is 20.0. The van der Waals surface area contributed by atoms with Crippen LogP contribution in [0, 0.1) is 23.7 Å². The number of rotatable bonds is 7. The molecule has 1 aliphatic carbocycles. The van der Waals surface area contributed by atoms with Gasteiger partial charge in [0.15, 0.2) is 18.2 Å². The summed E-state index contributed by atoms with van der Waals surface area (Å²) in [6.07, 6.45) is 3.55. The molecule has 5 aliphatic rings. The molecule has 0 radical (unpaired) electrons. The highest BCUT2D eigenvalue weighted by atomic mass is 17.3. The molecular weight excluding hydrogens is 442 g/mol. The van der Waals surface area contributed by atoms with Crippen molar-refractivity contribution >= 4 is 5.91 Å². The molecule has 9 nitrogen and oxygen atoms in total. The summed E-state index contributed by atoms with van der Waals surface area (Å²) in [6, 6.07) is 6.31. The molecule has 4 heterocycles. The standard InChI is InChI=1S/C25H35NO8/c1-15-9-10-19-16(2)22(31-23-25(19)18(15)11-12-24(3,32-23)33-34-25)29-13-6-14-30-26-21(28)17-7-4-5-8-20(17)27/h4-5,7-8,15-16,18-19,22-23,27H,6,9-14H2,1-3H3,(H,26,28)/t15-,16-,18+,19+,22+,23-,24-,25-/m1/s1. The molecule has 2 bridgehead atoms. The zero-order chi connectivity index (χ0) is 23.9. The fraction of sp³-hybridized carbons (Fsp3) is 0.720. The van der Waals surface area contributed by atoms with Gasteiger partial charge in [-0.1, -0.05) is 26.0 Å². The van der Waals surface area contributed by atoms with Crippen molar-refractivity contribution in [3.8, 4) is 5.75 Å². The summed E-state index contributed by atoms with van der Waals surface area (Å²) in [4.78, 5) is 29.3. The first-order chi connectivity index (χ1) is 16.3. The van der Waals surface area contributed by atoms with E-state index in [2.05, 4.69) is 19.3 Å². The number of hydrogen-bond acceptors (Lipinski definition) is 8. The van der Waals surface area contributed by atoms with Crippen LogP contribution in [0.1, 0.15) is 63.2 Å². The maximum atomic E-state index is 12.1. The Hall–Kier alpha value is -1.75. The highest BCUT2D eigenvalue weighted by Gasteiger charge is 2.69. The monoisotopic (exact) mass is 477 g/mol. The summed E-state index contributed by atoms with van der Waals surface area (Å²) >= 11 is 0. The third kappa shape index (κ3) is 4.12. The number of para-hydroxylation sites is 1. The molecule has 34 heavy (non-hydrogen) atoms. The first-order valence-electron chi connectivity index (χ1n) is 12.4. The SMILES string of the molecule is C[C@H]1[C@@H](OCCCONC(=O)c2ccccc2O)O[C@@H]2O[C@@]3(C)CC[C@H]4[C@H](C)CC[C@@H]1[C@@]24OO3. The number of carbonyl (C=O) groups excluding carboxylic acids is 1. The van der Waals surface area contributed by atoms with Crippen LogP contribution in [-0.4, -0.2) is 48.2 Å². The van der Waals surface area contributed by atoms with Crippen LogP contribution in [0.4, 0.5) is 0 Å². The van der Waals surface area contributed by atoms with E-state index in [4.69, 9.17) is 28.8 Å². The van der Waals surface area contributed by atoms with Gasteiger partial charge in [-0.3, -0.25) is 9.63 Å². The lowest BCUT2D eigenvalue weighted by molar-refractivity contribution is -0.577. The van der Waals surface area contributed by atoms with Crippen molar-refractivity contribution in [2.75, 3.05) is 13.2 Å². The number of phenolic OH excluding ortho intramolecular Hbond substituents is 1. The number of nitrogens with one attached hydrogen (secondary N) is 1. The molecule has 0 unspecified atom stereocenters. The molecule has 8 atom stereocenters. The molecule has 1 saturated carbocycles. The van der Waals surface area contributed by atoms with Gasteiger partial charge in [-0.15, -0.1) is 0 Å². The van der Waals surface area contributed by atoms with E-state index in [1.165, 1.54) is 12.1 Å². The fourth-order valence-corrected chi connectivity index (χ4v) is 6.23. The van der Waals surface area contributed by atoms with E-state index in [1.807, 2.05) is 6.92 Å². The molecule has 4 saturated heterocycles. The van der Waals surface area contributed by atoms with Gasteiger partial charge < -0.3 is 19.3 Å². The highest BCUT2D eigenvalue weighted by Crippen LogP contribution is 2.60. The van der Waals surface area contributed by atoms with Crippen molar-refractivity contribution in [3.63, 3.8) is 0 Å². The molecule has 188 valence electrons. The van der Waals surface area contributed by atoms with Gasteiger partial charge in [-0.2, -0.15) is 0 Å². The van der Waals surface area contributed by atoms with Crippen LogP contribution in [0.2, 0.25) is 0 Å². The van der Waals surface area contributed by atoms with Crippen molar-refractivity contribution in [3.05, 3.63) is 29.8 Å². The van der Waals surface area contributed by atoms with E-state index in [9.17, 15) is 9.90 Å². The summed E-state index contributed by atoms with van der Waals surface area (Å²) in [5.74, 6) is -0.218. The first-order valence-corrected chi connectivity index (χ1v) is 12.4. The molecule has 1 aromatic rings. The fourth-order valence-electron chi connectivity index (χ4n) is 6.23. The number of hydroxylamine groups is 1. The smallest absolute Gasteiger partial charge is 0.278 e. The van der Waals surface area contributed by atoms with Crippen LogP contribution in [0.25, 0.3) is 0 Å². The molecule has 6 rings (SSSR count). The van der Waals surface area contributed by atoms with Crippen LogP contribution in [-0.2, 0) is 28.8 Å². The Labute approximate surface area is 199 Å². The zero-order valence-corrected chi connectivity index (χ0v) is 20.0. The molecule has 2 N–H and O–H groups in total. The highest BCUT2D eigenvalue weighted by molar-refractivity contribution is 5.96. The summed E-state index contributed by atoms with van der Waals surface area (Å²) in [5, 5.41) is 9.75. The summed E-state index contributed by atoms with van der Waals surface area (Å²) in [6.45, 7) is 7.03. The third-order valence-corrected chi connectivity index (χ3v) is 8.08. The number of phenols is 1. The van der Waals surface area contributed by atoms with Crippen LogP contribution in [0.5, 0.6) is 5.75 Å². The Kier molecular flexibility index (Phi) is 6.60. The maximum Gasteiger partial charge on any atom is 0.278 e. The van der Waals surface area contributed by atoms with E-state index in [-0.39, 0.29) is 29.8 Å². The third-order valence-electron chi connectivity index (χ3n) is 8.08. The Balaban J connectivity index is 1.14. The van der Waals surface area contributed by atoms with Gasteiger partial charge in [0.2, 0.25) is 5.79 Å². The molecular formula is C25H35NO8. The molecule has 5 fully saturated rings. The van der Waals surface area contributed by atoms with E-state index in [1.54, 1.807) is 12.1 Å². The Morgan fingerprint density at radius 1 is 1.15 bits per heavy atom. The van der Waals surface area contributed by atoms with Crippen molar-refractivity contribution in [2.45, 2.75) is 76.8 Å². The minimum absolute atomic E-state index is 0.0924. The molecule has 0 aromatic heterocycles. The average Bonchev–Trinajstić information content (AvgIpc) is 3.05. The van der Waals surface area contributed by atoms with Gasteiger partial charge in [0.1, 0.15) is 5.75 Å². The second-order valence-corrected chi connectivity index (χ2v) is 10.3. The van der Waals surface area contributed by atoms with E-state index in [0.717, 1.165) is 25.7 Å². The van der Waals surface area contributed by atoms with Crippen LogP contribution >= 0.6 is 0 Å². The Morgan fingerprint density at radius 2 is 1.97 bits per heavy atom. The number of hydrogen-bond donors (Lipinski definition) is 2. The van der Waals surface area contributed by atoms with Gasteiger partial charge in [0.25, 0.3) is 5.91 Å². The lowest BCUT2D eigenvalue weighted by Crippen LogP contribution is -2.70. The van der Waals surface area contributed by atoms with E-state index >= 15 is 0 Å². The minimum Gasteiger partial charge on any atom is -0.507 e. The summed E-state index contributed by atoms with van der Waals surface area (Å²) in [5.41, 5.74) is 1.92. The largest absolute Gasteiger partial charge is 0.507 e. The second kappa shape index (κ2) is 9.37. The Bertz CT molecular complexity index is 897. The quantitative estimate of drug-likeness (QED) is 0.348. The van der Waals surface area contributed by atoms with Crippen molar-refractivity contribution < 1.29 is 38.7 Å². The summed E-state index contributed by atoms with van der Waals surface area (Å²) in [7, 11) is 0. The van der Waals surface area contributed by atoms with Crippen LogP contribution < -0.4 is 5.48 Å². The number of benzene rings is 1. The van der Waals surface area contributed by atoms with Crippen molar-refractivity contribution in [1.82, 2.24) is 5.48 Å². The van der Waals surface area contributed by atoms with Crippen molar-refractivity contribution in [1.29, 1.82) is 0 Å². The van der Waals surface area contributed by atoms with Gasteiger partial charge in [-0.25, -0.2) is 15.3 Å². The topological polar surface area (TPSA) is 105 Å². The molecule has 1 spiro atoms. The van der Waals surface area contributed by atoms with Gasteiger partial charge >= 0.3 is 0 Å². The van der Waals surface area contributed by atoms with Crippen LogP contribution in [0.3, 0.4) is 0 Å². The predicted octanol–water partition coefficient (Wildman–Crippen LogP) is 3.67. The molecule has 9 heteroatoms. The lowest BCUT2D eigenvalue weighted by Gasteiger charge is -2.60. The second-order valence-electron chi connectivity index (χ2n) is 10.3. The molecule has 4 aliphatic heterocycles. The number of amides is 1. The van der Waals surface area contributed by atoms with Gasteiger partial charge in [-0.05, 0) is 56.6 Å². The molecule has 1 aromatic carbocycles. The number of ether oxygens (including phenoxy) is 3. The number of carbonyl (C=O) groups is 1. The van der Waals surface area contributed by atoms with E-state index < -0.39 is 29.9 Å². The first kappa shape index (κ1) is 24.0. The van der Waals surface area contributed by atoms with Crippen molar-refractivity contribution in [2.24, 2.45) is 23.7 Å². The lowest BCUT2D eigenvalue weighted by atomic mass is 9.58. The number of fused-ring (bicyclic) bond motifs is 2. The van der Waals surface area contributed by atoms with Gasteiger partial charge in [0.05, 0.1) is 18.8 Å². The minimum atomic E-state index is -0.804. The number of aromatic hydroxyl groups is 1. The normalized spacial score (nSPS) is 40.9. The summed E-state index contributed by atoms with van der Waals surface area (Å²) < 4.78 is 18.8. The van der Waals surface area contributed by atoms with Crippen LogP contribution in [0.15, 0.2) is 24.3 Å². The maximum absolute atomic E-state index is 12.1. The Morgan fingerprint density at radius 3 is 2.79 bits per heavy atom.